The van der Waals surface area contributed by atoms with Gasteiger partial charge in [0.15, 0.2) is 11.6 Å². The molecule has 2 saturated heterocycles. The van der Waals surface area contributed by atoms with Crippen molar-refractivity contribution in [3.8, 4) is 0 Å². The second-order valence-corrected chi connectivity index (χ2v) is 6.50. The molecule has 114 valence electrons. The number of anilines is 1. The maximum absolute atomic E-state index is 13.9. The van der Waals surface area contributed by atoms with Crippen LogP contribution in [-0.4, -0.2) is 35.1 Å². The summed E-state index contributed by atoms with van der Waals surface area (Å²) in [5, 5.41) is 0.777. The Bertz CT molecular complexity index is 693. The first-order chi connectivity index (χ1) is 10.7. The number of hydrogen-bond donors (Lipinski definition) is 0. The summed E-state index contributed by atoms with van der Waals surface area (Å²) in [6.45, 7) is 2.70. The molecular formula is C17H17ClFN3. The number of aromatic nitrogens is 1. The van der Waals surface area contributed by atoms with Gasteiger partial charge in [-0.15, -0.1) is 0 Å². The van der Waals surface area contributed by atoms with E-state index in [9.17, 15) is 4.39 Å². The van der Waals surface area contributed by atoms with Crippen LogP contribution in [0.3, 0.4) is 0 Å². The van der Waals surface area contributed by atoms with Gasteiger partial charge in [-0.3, -0.25) is 4.90 Å². The summed E-state index contributed by atoms with van der Waals surface area (Å²) in [5.74, 6) is 0.272. The first-order valence-corrected chi connectivity index (χ1v) is 7.94. The fraction of sp³-hybridized carbons (Fsp3) is 0.353. The number of halogens is 2. The number of fused-ring (bicyclic) bond motifs is 2. The standard InChI is InChI=1S/C17H17ClFN3/c18-13-4-1-3-12(7-13)9-21-10-15-8-14(21)11-22(15)17-16(19)5-2-6-20-17/h1-7,14-15H,8-11H2. The Balaban J connectivity index is 1.47. The molecule has 1 aromatic carbocycles. The van der Waals surface area contributed by atoms with Crippen molar-refractivity contribution in [1.82, 2.24) is 9.88 Å². The third-order valence-electron chi connectivity index (χ3n) is 4.64. The smallest absolute Gasteiger partial charge is 0.165 e. The highest BCUT2D eigenvalue weighted by atomic mass is 35.5. The molecule has 1 aromatic heterocycles. The quantitative estimate of drug-likeness (QED) is 0.865. The monoisotopic (exact) mass is 317 g/mol. The van der Waals surface area contributed by atoms with E-state index in [1.165, 1.54) is 11.6 Å². The average molecular weight is 318 g/mol. The van der Waals surface area contributed by atoms with E-state index in [0.29, 0.717) is 17.9 Å². The van der Waals surface area contributed by atoms with Crippen LogP contribution in [-0.2, 0) is 6.54 Å². The van der Waals surface area contributed by atoms with Crippen LogP contribution in [0.2, 0.25) is 5.02 Å². The molecule has 2 aliphatic heterocycles. The van der Waals surface area contributed by atoms with E-state index in [-0.39, 0.29) is 5.82 Å². The van der Waals surface area contributed by atoms with Crippen LogP contribution < -0.4 is 4.90 Å². The molecule has 2 unspecified atom stereocenters. The maximum atomic E-state index is 13.9. The fourth-order valence-electron chi connectivity index (χ4n) is 3.66. The molecule has 4 rings (SSSR count). The van der Waals surface area contributed by atoms with Gasteiger partial charge >= 0.3 is 0 Å². The Morgan fingerprint density at radius 2 is 2.09 bits per heavy atom. The minimum absolute atomic E-state index is 0.226. The largest absolute Gasteiger partial charge is 0.348 e. The van der Waals surface area contributed by atoms with E-state index >= 15 is 0 Å². The number of piperazine rings is 1. The highest BCUT2D eigenvalue weighted by molar-refractivity contribution is 6.30. The summed E-state index contributed by atoms with van der Waals surface area (Å²) in [5.41, 5.74) is 1.23. The summed E-state index contributed by atoms with van der Waals surface area (Å²) in [4.78, 5) is 8.80. The molecule has 22 heavy (non-hydrogen) atoms. The molecule has 0 aliphatic carbocycles. The van der Waals surface area contributed by atoms with Crippen LogP contribution in [0.1, 0.15) is 12.0 Å². The van der Waals surface area contributed by atoms with Gasteiger partial charge in [0.25, 0.3) is 0 Å². The van der Waals surface area contributed by atoms with Crippen molar-refractivity contribution in [1.29, 1.82) is 0 Å². The predicted octanol–water partition coefficient (Wildman–Crippen LogP) is 3.34. The number of hydrogen-bond acceptors (Lipinski definition) is 3. The summed E-state index contributed by atoms with van der Waals surface area (Å²) in [6.07, 6.45) is 2.74. The lowest BCUT2D eigenvalue weighted by Gasteiger charge is -2.35. The van der Waals surface area contributed by atoms with Crippen molar-refractivity contribution in [3.63, 3.8) is 0 Å². The number of likely N-dealkylation sites (tertiary alicyclic amines) is 1. The van der Waals surface area contributed by atoms with Crippen LogP contribution in [0, 0.1) is 5.82 Å². The van der Waals surface area contributed by atoms with Crippen LogP contribution in [0.5, 0.6) is 0 Å². The van der Waals surface area contributed by atoms with E-state index in [2.05, 4.69) is 20.9 Å². The van der Waals surface area contributed by atoms with Crippen molar-refractivity contribution >= 4 is 17.4 Å². The van der Waals surface area contributed by atoms with Crippen LogP contribution >= 0.6 is 11.6 Å². The van der Waals surface area contributed by atoms with Crippen LogP contribution in [0.25, 0.3) is 0 Å². The molecule has 2 aliphatic rings. The first-order valence-electron chi connectivity index (χ1n) is 7.56. The van der Waals surface area contributed by atoms with E-state index in [0.717, 1.165) is 31.1 Å². The molecule has 0 radical (unpaired) electrons. The van der Waals surface area contributed by atoms with Gasteiger partial charge in [0.2, 0.25) is 0 Å². The summed E-state index contributed by atoms with van der Waals surface area (Å²) in [6, 6.07) is 11.9. The Morgan fingerprint density at radius 3 is 2.82 bits per heavy atom. The molecule has 3 heterocycles. The Kier molecular flexibility index (Phi) is 3.51. The van der Waals surface area contributed by atoms with Crippen molar-refractivity contribution in [3.05, 3.63) is 59.0 Å². The number of pyridine rings is 1. The van der Waals surface area contributed by atoms with Crippen LogP contribution in [0.4, 0.5) is 10.2 Å². The summed E-state index contributed by atoms with van der Waals surface area (Å²) >= 11 is 6.05. The van der Waals surface area contributed by atoms with Gasteiger partial charge in [0.1, 0.15) is 0 Å². The molecule has 3 nitrogen and oxygen atoms in total. The summed E-state index contributed by atoms with van der Waals surface area (Å²) in [7, 11) is 0. The molecular weight excluding hydrogens is 301 g/mol. The molecule has 2 aromatic rings. The molecule has 5 heteroatoms. The third kappa shape index (κ3) is 2.46. The Morgan fingerprint density at radius 1 is 1.18 bits per heavy atom. The van der Waals surface area contributed by atoms with Gasteiger partial charge in [-0.2, -0.15) is 0 Å². The van der Waals surface area contributed by atoms with Crippen LogP contribution in [0.15, 0.2) is 42.6 Å². The normalized spacial score (nSPS) is 24.2. The Labute approximate surface area is 134 Å². The zero-order valence-electron chi connectivity index (χ0n) is 12.1. The van der Waals surface area contributed by atoms with E-state index in [1.54, 1.807) is 12.3 Å². The SMILES string of the molecule is Fc1cccnc1N1CC2CC1CN2Cc1cccc(Cl)c1. The van der Waals surface area contributed by atoms with Crippen molar-refractivity contribution < 1.29 is 4.39 Å². The van der Waals surface area contributed by atoms with Gasteiger partial charge in [0.05, 0.1) is 0 Å². The second kappa shape index (κ2) is 5.52. The third-order valence-corrected chi connectivity index (χ3v) is 4.87. The number of nitrogens with zero attached hydrogens (tertiary/aromatic N) is 3. The highest BCUT2D eigenvalue weighted by Gasteiger charge is 2.44. The molecule has 0 amide bonds. The fourth-order valence-corrected chi connectivity index (χ4v) is 3.87. The van der Waals surface area contributed by atoms with Crippen molar-refractivity contribution in [2.45, 2.75) is 25.0 Å². The summed E-state index contributed by atoms with van der Waals surface area (Å²) < 4.78 is 13.9. The van der Waals surface area contributed by atoms with Crippen molar-refractivity contribution in [2.75, 3.05) is 18.0 Å². The minimum atomic E-state index is -0.226. The predicted molar refractivity (Wildman–Crippen MR) is 85.6 cm³/mol. The van der Waals surface area contributed by atoms with Gasteiger partial charge in [-0.25, -0.2) is 9.37 Å². The van der Waals surface area contributed by atoms with Gasteiger partial charge in [-0.05, 0) is 36.2 Å². The van der Waals surface area contributed by atoms with Gasteiger partial charge < -0.3 is 4.90 Å². The highest BCUT2D eigenvalue weighted by Crippen LogP contribution is 2.35. The lowest BCUT2D eigenvalue weighted by atomic mass is 10.2. The first kappa shape index (κ1) is 14.0. The molecule has 2 atom stereocenters. The zero-order valence-corrected chi connectivity index (χ0v) is 12.9. The van der Waals surface area contributed by atoms with E-state index in [1.807, 2.05) is 18.2 Å². The average Bonchev–Trinajstić information content (AvgIpc) is 3.08. The molecule has 0 saturated carbocycles. The van der Waals surface area contributed by atoms with E-state index < -0.39 is 0 Å². The number of benzene rings is 1. The van der Waals surface area contributed by atoms with Gasteiger partial charge in [0, 0.05) is 42.9 Å². The van der Waals surface area contributed by atoms with E-state index in [4.69, 9.17) is 11.6 Å². The molecule has 2 fully saturated rings. The second-order valence-electron chi connectivity index (χ2n) is 6.06. The number of rotatable bonds is 3. The van der Waals surface area contributed by atoms with Crippen molar-refractivity contribution in [2.24, 2.45) is 0 Å². The zero-order chi connectivity index (χ0) is 15.1. The molecule has 0 spiro atoms. The Hall–Kier alpha value is -1.65. The van der Waals surface area contributed by atoms with Gasteiger partial charge in [-0.1, -0.05) is 23.7 Å². The molecule has 0 N–H and O–H groups in total. The topological polar surface area (TPSA) is 19.4 Å². The maximum Gasteiger partial charge on any atom is 0.165 e. The lowest BCUT2D eigenvalue weighted by Crippen LogP contribution is -2.46. The minimum Gasteiger partial charge on any atom is -0.348 e. The molecule has 2 bridgehead atoms. The lowest BCUT2D eigenvalue weighted by molar-refractivity contribution is 0.229.